The molecule has 2 rings (SSSR count). The molecular formula is C11H16ClN3O2. The molecule has 1 fully saturated rings. The summed E-state index contributed by atoms with van der Waals surface area (Å²) in [4.78, 5) is 8.36. The Kier molecular flexibility index (Phi) is 3.81. The molecule has 1 atom stereocenters. The quantitative estimate of drug-likeness (QED) is 0.795. The molecular weight excluding hydrogens is 242 g/mol. The van der Waals surface area contributed by atoms with Gasteiger partial charge in [0.15, 0.2) is 0 Å². The Morgan fingerprint density at radius 1 is 1.59 bits per heavy atom. The van der Waals surface area contributed by atoms with Crippen LogP contribution in [-0.2, 0) is 11.2 Å². The van der Waals surface area contributed by atoms with Crippen molar-refractivity contribution >= 4 is 17.4 Å². The molecule has 5 nitrogen and oxygen atoms in total. The zero-order valence-electron chi connectivity index (χ0n) is 9.74. The maximum Gasteiger partial charge on any atom is 0.134 e. The maximum atomic E-state index is 10.1. The number of halogens is 1. The molecule has 1 aromatic heterocycles. The summed E-state index contributed by atoms with van der Waals surface area (Å²) in [6, 6.07) is 1.65. The molecule has 0 spiro atoms. The molecule has 0 radical (unpaired) electrons. The van der Waals surface area contributed by atoms with Crippen molar-refractivity contribution in [2.24, 2.45) is 0 Å². The molecule has 1 unspecified atom stereocenters. The first-order valence-electron chi connectivity index (χ1n) is 5.69. The first kappa shape index (κ1) is 12.5. The monoisotopic (exact) mass is 257 g/mol. The number of rotatable bonds is 4. The van der Waals surface area contributed by atoms with Gasteiger partial charge in [-0.3, -0.25) is 0 Å². The van der Waals surface area contributed by atoms with Crippen LogP contribution in [0.25, 0.3) is 0 Å². The lowest BCUT2D eigenvalue weighted by Crippen LogP contribution is -2.37. The van der Waals surface area contributed by atoms with E-state index in [9.17, 15) is 5.11 Å². The van der Waals surface area contributed by atoms with Gasteiger partial charge in [0.05, 0.1) is 6.61 Å². The molecule has 0 aliphatic carbocycles. The maximum absolute atomic E-state index is 10.1. The standard InChI is InChI=1S/C11H16ClN3O2/c1-2-9-14-8(12)5-10(15-9)13-6-11(16)3-4-17-7-11/h5,16H,2-4,6-7H2,1H3,(H,13,14,15). The molecule has 1 saturated heterocycles. The summed E-state index contributed by atoms with van der Waals surface area (Å²) in [5, 5.41) is 13.6. The molecule has 2 N–H and O–H groups in total. The second-order valence-electron chi connectivity index (χ2n) is 4.23. The number of aliphatic hydroxyl groups is 1. The van der Waals surface area contributed by atoms with Crippen LogP contribution in [0.4, 0.5) is 5.82 Å². The molecule has 0 bridgehead atoms. The van der Waals surface area contributed by atoms with Gasteiger partial charge in [0.25, 0.3) is 0 Å². The van der Waals surface area contributed by atoms with Crippen LogP contribution in [0, 0.1) is 0 Å². The van der Waals surface area contributed by atoms with Crippen molar-refractivity contribution in [3.63, 3.8) is 0 Å². The zero-order valence-corrected chi connectivity index (χ0v) is 10.5. The van der Waals surface area contributed by atoms with E-state index in [0.29, 0.717) is 43.0 Å². The van der Waals surface area contributed by atoms with Crippen molar-refractivity contribution in [2.45, 2.75) is 25.4 Å². The van der Waals surface area contributed by atoms with Crippen molar-refractivity contribution in [1.29, 1.82) is 0 Å². The second-order valence-corrected chi connectivity index (χ2v) is 4.61. The highest BCUT2D eigenvalue weighted by atomic mass is 35.5. The Labute approximate surface area is 105 Å². The Morgan fingerprint density at radius 3 is 3.06 bits per heavy atom. The van der Waals surface area contributed by atoms with E-state index in [1.807, 2.05) is 6.92 Å². The minimum absolute atomic E-state index is 0.361. The van der Waals surface area contributed by atoms with Gasteiger partial charge in [0, 0.05) is 32.1 Å². The fourth-order valence-corrected chi connectivity index (χ4v) is 1.91. The van der Waals surface area contributed by atoms with E-state index in [-0.39, 0.29) is 0 Å². The van der Waals surface area contributed by atoms with Crippen LogP contribution in [0.1, 0.15) is 19.2 Å². The van der Waals surface area contributed by atoms with Crippen LogP contribution >= 0.6 is 11.6 Å². The summed E-state index contributed by atoms with van der Waals surface area (Å²) >= 11 is 5.88. The molecule has 1 aliphatic heterocycles. The third-order valence-corrected chi connectivity index (χ3v) is 2.93. The first-order valence-corrected chi connectivity index (χ1v) is 6.06. The van der Waals surface area contributed by atoms with E-state index in [1.165, 1.54) is 0 Å². The number of aryl methyl sites for hydroxylation is 1. The normalized spacial score (nSPS) is 23.9. The van der Waals surface area contributed by atoms with Crippen LogP contribution < -0.4 is 5.32 Å². The molecule has 0 amide bonds. The topological polar surface area (TPSA) is 67.3 Å². The van der Waals surface area contributed by atoms with Crippen LogP contribution in [-0.4, -0.2) is 40.4 Å². The number of nitrogens with one attached hydrogen (secondary N) is 1. The lowest BCUT2D eigenvalue weighted by Gasteiger charge is -2.21. The summed E-state index contributed by atoms with van der Waals surface area (Å²) in [7, 11) is 0. The number of hydrogen-bond acceptors (Lipinski definition) is 5. The van der Waals surface area contributed by atoms with Gasteiger partial charge >= 0.3 is 0 Å². The predicted molar refractivity (Wildman–Crippen MR) is 65.3 cm³/mol. The van der Waals surface area contributed by atoms with Gasteiger partial charge in [-0.1, -0.05) is 18.5 Å². The van der Waals surface area contributed by atoms with Gasteiger partial charge in [-0.05, 0) is 0 Å². The van der Waals surface area contributed by atoms with Gasteiger partial charge in [-0.25, -0.2) is 9.97 Å². The first-order chi connectivity index (χ1) is 8.11. The van der Waals surface area contributed by atoms with Crippen LogP contribution in [0.2, 0.25) is 5.15 Å². The molecule has 0 aromatic carbocycles. The second kappa shape index (κ2) is 5.16. The summed E-state index contributed by atoms with van der Waals surface area (Å²) in [5.74, 6) is 1.33. The average Bonchev–Trinajstić information content (AvgIpc) is 2.73. The van der Waals surface area contributed by atoms with Crippen molar-refractivity contribution < 1.29 is 9.84 Å². The Morgan fingerprint density at radius 2 is 2.41 bits per heavy atom. The molecule has 1 aliphatic rings. The van der Waals surface area contributed by atoms with Crippen molar-refractivity contribution in [2.75, 3.05) is 25.1 Å². The highest BCUT2D eigenvalue weighted by Crippen LogP contribution is 2.19. The number of aromatic nitrogens is 2. The Bertz CT molecular complexity index is 394. The van der Waals surface area contributed by atoms with E-state index in [4.69, 9.17) is 16.3 Å². The number of hydrogen-bond donors (Lipinski definition) is 2. The summed E-state index contributed by atoms with van der Waals surface area (Å²) < 4.78 is 5.17. The van der Waals surface area contributed by atoms with Crippen LogP contribution in [0.3, 0.4) is 0 Å². The number of nitrogens with zero attached hydrogens (tertiary/aromatic N) is 2. The Hall–Kier alpha value is -0.910. The third kappa shape index (κ3) is 3.28. The van der Waals surface area contributed by atoms with Gasteiger partial charge in [0.2, 0.25) is 0 Å². The minimum atomic E-state index is -0.802. The van der Waals surface area contributed by atoms with E-state index < -0.39 is 5.60 Å². The molecule has 17 heavy (non-hydrogen) atoms. The lowest BCUT2D eigenvalue weighted by molar-refractivity contribution is 0.0381. The van der Waals surface area contributed by atoms with E-state index in [0.717, 1.165) is 6.42 Å². The fourth-order valence-electron chi connectivity index (χ4n) is 1.70. The fraction of sp³-hybridized carbons (Fsp3) is 0.636. The zero-order chi connectivity index (χ0) is 12.3. The van der Waals surface area contributed by atoms with Crippen LogP contribution in [0.15, 0.2) is 6.07 Å². The minimum Gasteiger partial charge on any atom is -0.386 e. The van der Waals surface area contributed by atoms with Gasteiger partial charge in [-0.15, -0.1) is 0 Å². The molecule has 1 aromatic rings. The largest absolute Gasteiger partial charge is 0.386 e. The molecule has 94 valence electrons. The Balaban J connectivity index is 2.00. The van der Waals surface area contributed by atoms with E-state index in [2.05, 4.69) is 15.3 Å². The highest BCUT2D eigenvalue weighted by molar-refractivity contribution is 6.29. The van der Waals surface area contributed by atoms with Crippen molar-refractivity contribution in [3.8, 4) is 0 Å². The van der Waals surface area contributed by atoms with Gasteiger partial charge in [0.1, 0.15) is 22.4 Å². The average molecular weight is 258 g/mol. The third-order valence-electron chi connectivity index (χ3n) is 2.74. The summed E-state index contributed by atoms with van der Waals surface area (Å²) in [6.45, 7) is 3.33. The SMILES string of the molecule is CCc1nc(Cl)cc(NCC2(O)CCOC2)n1. The smallest absolute Gasteiger partial charge is 0.134 e. The summed E-state index contributed by atoms with van der Waals surface area (Å²) in [6.07, 6.45) is 1.36. The van der Waals surface area contributed by atoms with Crippen LogP contribution in [0.5, 0.6) is 0 Å². The summed E-state index contributed by atoms with van der Waals surface area (Å²) in [5.41, 5.74) is -0.802. The van der Waals surface area contributed by atoms with Gasteiger partial charge in [-0.2, -0.15) is 0 Å². The van der Waals surface area contributed by atoms with E-state index >= 15 is 0 Å². The molecule has 6 heteroatoms. The van der Waals surface area contributed by atoms with Crippen molar-refractivity contribution in [3.05, 3.63) is 17.0 Å². The number of ether oxygens (including phenoxy) is 1. The van der Waals surface area contributed by atoms with E-state index in [1.54, 1.807) is 6.07 Å². The van der Waals surface area contributed by atoms with Crippen molar-refractivity contribution in [1.82, 2.24) is 9.97 Å². The molecule has 2 heterocycles. The van der Waals surface area contributed by atoms with Gasteiger partial charge < -0.3 is 15.2 Å². The highest BCUT2D eigenvalue weighted by Gasteiger charge is 2.32. The lowest BCUT2D eigenvalue weighted by atomic mass is 10.0. The predicted octanol–water partition coefficient (Wildman–Crippen LogP) is 1.26. The molecule has 0 saturated carbocycles. The number of anilines is 1.